The molecule has 1 aromatic heterocycles. The Hall–Kier alpha value is -1.07. The SMILES string of the molecule is CNC1CCCN(C(=O)c2cc(C(C)C)no2)C1.Cl. The number of hydrogen-bond donors (Lipinski definition) is 1. The average Bonchev–Trinajstić information content (AvgIpc) is 2.87. The Labute approximate surface area is 120 Å². The van der Waals surface area contributed by atoms with Crippen molar-refractivity contribution in [1.82, 2.24) is 15.4 Å². The van der Waals surface area contributed by atoms with E-state index < -0.39 is 0 Å². The number of likely N-dealkylation sites (tertiary alicyclic amines) is 1. The summed E-state index contributed by atoms with van der Waals surface area (Å²) in [6.45, 7) is 5.61. The number of hydrogen-bond acceptors (Lipinski definition) is 4. The van der Waals surface area contributed by atoms with E-state index in [1.165, 1.54) is 0 Å². The molecular weight excluding hydrogens is 266 g/mol. The minimum absolute atomic E-state index is 0. The molecule has 19 heavy (non-hydrogen) atoms. The summed E-state index contributed by atoms with van der Waals surface area (Å²) in [4.78, 5) is 14.1. The number of rotatable bonds is 3. The molecule has 1 amide bonds. The molecule has 1 atom stereocenters. The first-order valence-corrected chi connectivity index (χ1v) is 6.55. The third-order valence-corrected chi connectivity index (χ3v) is 3.45. The van der Waals surface area contributed by atoms with Gasteiger partial charge in [0.15, 0.2) is 0 Å². The van der Waals surface area contributed by atoms with Crippen molar-refractivity contribution in [3.05, 3.63) is 17.5 Å². The van der Waals surface area contributed by atoms with Gasteiger partial charge in [-0.3, -0.25) is 4.79 Å². The van der Waals surface area contributed by atoms with Gasteiger partial charge in [-0.15, -0.1) is 12.4 Å². The zero-order valence-electron chi connectivity index (χ0n) is 11.7. The van der Waals surface area contributed by atoms with Crippen molar-refractivity contribution in [1.29, 1.82) is 0 Å². The van der Waals surface area contributed by atoms with Gasteiger partial charge in [0.05, 0.1) is 5.69 Å². The zero-order chi connectivity index (χ0) is 13.1. The van der Waals surface area contributed by atoms with E-state index in [1.54, 1.807) is 6.07 Å². The molecule has 1 N–H and O–H groups in total. The van der Waals surface area contributed by atoms with Crippen LogP contribution in [-0.2, 0) is 0 Å². The molecule has 0 radical (unpaired) electrons. The molecule has 0 bridgehead atoms. The monoisotopic (exact) mass is 287 g/mol. The Morgan fingerprint density at radius 1 is 1.58 bits per heavy atom. The molecule has 2 heterocycles. The molecule has 0 spiro atoms. The summed E-state index contributed by atoms with van der Waals surface area (Å²) in [6, 6.07) is 2.14. The van der Waals surface area contributed by atoms with Crippen molar-refractivity contribution in [3.63, 3.8) is 0 Å². The molecule has 0 aliphatic carbocycles. The maximum atomic E-state index is 12.3. The molecule has 108 valence electrons. The highest BCUT2D eigenvalue weighted by Gasteiger charge is 2.26. The summed E-state index contributed by atoms with van der Waals surface area (Å²) in [5.41, 5.74) is 0.834. The highest BCUT2D eigenvalue weighted by molar-refractivity contribution is 5.91. The van der Waals surface area contributed by atoms with Gasteiger partial charge in [-0.05, 0) is 25.8 Å². The minimum Gasteiger partial charge on any atom is -0.351 e. The van der Waals surface area contributed by atoms with Crippen molar-refractivity contribution < 1.29 is 9.32 Å². The van der Waals surface area contributed by atoms with E-state index in [0.29, 0.717) is 11.8 Å². The van der Waals surface area contributed by atoms with Gasteiger partial charge in [0.25, 0.3) is 5.91 Å². The Bertz CT molecular complexity index is 420. The molecular formula is C13H22ClN3O2. The Balaban J connectivity index is 0.00000180. The third-order valence-electron chi connectivity index (χ3n) is 3.45. The molecule has 1 saturated heterocycles. The summed E-state index contributed by atoms with van der Waals surface area (Å²) in [5, 5.41) is 7.16. The molecule has 1 aromatic rings. The number of piperidine rings is 1. The number of likely N-dealkylation sites (N-methyl/N-ethyl adjacent to an activating group) is 1. The molecule has 1 aliphatic heterocycles. The molecule has 0 saturated carbocycles. The first-order chi connectivity index (χ1) is 8.61. The van der Waals surface area contributed by atoms with E-state index in [9.17, 15) is 4.79 Å². The summed E-state index contributed by atoms with van der Waals surface area (Å²) in [5.74, 6) is 0.589. The molecule has 2 rings (SSSR count). The lowest BCUT2D eigenvalue weighted by atomic mass is 10.1. The topological polar surface area (TPSA) is 58.4 Å². The summed E-state index contributed by atoms with van der Waals surface area (Å²) in [7, 11) is 1.93. The van der Waals surface area contributed by atoms with Crippen molar-refractivity contribution in [2.45, 2.75) is 38.6 Å². The van der Waals surface area contributed by atoms with Gasteiger partial charge in [0.1, 0.15) is 0 Å². The highest BCUT2D eigenvalue weighted by atomic mass is 35.5. The number of amides is 1. The van der Waals surface area contributed by atoms with Gasteiger partial charge in [0.2, 0.25) is 5.76 Å². The van der Waals surface area contributed by atoms with Gasteiger partial charge in [0, 0.05) is 25.2 Å². The van der Waals surface area contributed by atoms with Crippen LogP contribution in [-0.4, -0.2) is 42.1 Å². The lowest BCUT2D eigenvalue weighted by Crippen LogP contribution is -2.46. The van der Waals surface area contributed by atoms with E-state index in [1.807, 2.05) is 25.8 Å². The van der Waals surface area contributed by atoms with Gasteiger partial charge >= 0.3 is 0 Å². The molecule has 1 unspecified atom stereocenters. The second-order valence-electron chi connectivity index (χ2n) is 5.15. The fourth-order valence-corrected chi connectivity index (χ4v) is 2.21. The Morgan fingerprint density at radius 2 is 2.32 bits per heavy atom. The fourth-order valence-electron chi connectivity index (χ4n) is 2.21. The van der Waals surface area contributed by atoms with Crippen LogP contribution in [0.1, 0.15) is 48.9 Å². The second kappa shape index (κ2) is 6.91. The first kappa shape index (κ1) is 16.0. The van der Waals surface area contributed by atoms with Crippen LogP contribution in [0.2, 0.25) is 0 Å². The van der Waals surface area contributed by atoms with Gasteiger partial charge in [-0.2, -0.15) is 0 Å². The fraction of sp³-hybridized carbons (Fsp3) is 0.692. The zero-order valence-corrected chi connectivity index (χ0v) is 12.5. The van der Waals surface area contributed by atoms with Crippen LogP contribution in [0, 0.1) is 0 Å². The van der Waals surface area contributed by atoms with Crippen LogP contribution in [0.25, 0.3) is 0 Å². The molecule has 6 heteroatoms. The van der Waals surface area contributed by atoms with E-state index >= 15 is 0 Å². The van der Waals surface area contributed by atoms with Crippen LogP contribution in [0.4, 0.5) is 0 Å². The summed E-state index contributed by atoms with van der Waals surface area (Å²) in [6.07, 6.45) is 2.15. The van der Waals surface area contributed by atoms with Crippen LogP contribution in [0.5, 0.6) is 0 Å². The highest BCUT2D eigenvalue weighted by Crippen LogP contribution is 2.17. The van der Waals surface area contributed by atoms with Gasteiger partial charge in [-0.25, -0.2) is 0 Å². The Morgan fingerprint density at radius 3 is 2.89 bits per heavy atom. The number of carbonyl (C=O) groups excluding carboxylic acids is 1. The standard InChI is InChI=1S/C13H21N3O2.ClH/c1-9(2)11-7-12(18-15-11)13(17)16-6-4-5-10(8-16)14-3;/h7,9-10,14H,4-6,8H2,1-3H3;1H. The van der Waals surface area contributed by atoms with Gasteiger partial charge < -0.3 is 14.7 Å². The number of nitrogens with zero attached hydrogens (tertiary/aromatic N) is 2. The molecule has 1 fully saturated rings. The van der Waals surface area contributed by atoms with Crippen molar-refractivity contribution in [3.8, 4) is 0 Å². The maximum Gasteiger partial charge on any atom is 0.292 e. The first-order valence-electron chi connectivity index (χ1n) is 6.55. The third kappa shape index (κ3) is 3.70. The van der Waals surface area contributed by atoms with Crippen molar-refractivity contribution in [2.75, 3.05) is 20.1 Å². The predicted octanol–water partition coefficient (Wildman–Crippen LogP) is 2.04. The van der Waals surface area contributed by atoms with E-state index in [-0.39, 0.29) is 24.2 Å². The quantitative estimate of drug-likeness (QED) is 0.924. The van der Waals surface area contributed by atoms with Crippen LogP contribution >= 0.6 is 12.4 Å². The molecule has 5 nitrogen and oxygen atoms in total. The van der Waals surface area contributed by atoms with Crippen molar-refractivity contribution >= 4 is 18.3 Å². The smallest absolute Gasteiger partial charge is 0.292 e. The molecule has 1 aliphatic rings. The largest absolute Gasteiger partial charge is 0.351 e. The minimum atomic E-state index is -0.0469. The number of nitrogens with one attached hydrogen (secondary N) is 1. The lowest BCUT2D eigenvalue weighted by Gasteiger charge is -2.31. The number of halogens is 1. The van der Waals surface area contributed by atoms with Gasteiger partial charge in [-0.1, -0.05) is 19.0 Å². The summed E-state index contributed by atoms with van der Waals surface area (Å²) >= 11 is 0. The van der Waals surface area contributed by atoms with Crippen molar-refractivity contribution in [2.24, 2.45) is 0 Å². The lowest BCUT2D eigenvalue weighted by molar-refractivity contribution is 0.0656. The van der Waals surface area contributed by atoms with E-state index in [0.717, 1.165) is 31.6 Å². The normalized spacial score (nSPS) is 19.4. The number of aromatic nitrogens is 1. The Kier molecular flexibility index (Phi) is 5.82. The van der Waals surface area contributed by atoms with E-state index in [4.69, 9.17) is 4.52 Å². The van der Waals surface area contributed by atoms with Crippen LogP contribution in [0.3, 0.4) is 0 Å². The second-order valence-corrected chi connectivity index (χ2v) is 5.15. The maximum absolute atomic E-state index is 12.3. The molecule has 0 aromatic carbocycles. The number of carbonyl (C=O) groups is 1. The van der Waals surface area contributed by atoms with Crippen LogP contribution < -0.4 is 5.32 Å². The van der Waals surface area contributed by atoms with E-state index in [2.05, 4.69) is 10.5 Å². The van der Waals surface area contributed by atoms with Crippen LogP contribution in [0.15, 0.2) is 10.6 Å². The summed E-state index contributed by atoms with van der Waals surface area (Å²) < 4.78 is 5.15. The predicted molar refractivity (Wildman–Crippen MR) is 75.8 cm³/mol. The average molecular weight is 288 g/mol.